The molecular formula is C13H20BrN. The average molecular weight is 270 g/mol. The molecule has 15 heavy (non-hydrogen) atoms. The maximum Gasteiger partial charge on any atom is 0.0175 e. The molecule has 0 aromatic heterocycles. The molecule has 1 nitrogen and oxygen atoms in total. The molecule has 1 aromatic carbocycles. The number of rotatable bonds is 5. The molecule has 0 amide bonds. The Morgan fingerprint density at radius 3 is 2.27 bits per heavy atom. The fourth-order valence-electron chi connectivity index (χ4n) is 1.56. The molecule has 2 heteroatoms. The van der Waals surface area contributed by atoms with Crippen molar-refractivity contribution < 1.29 is 0 Å². The SMILES string of the molecule is CC(C)(N)CCCCc1ccc(Br)cc1. The van der Waals surface area contributed by atoms with Crippen LogP contribution in [0.3, 0.4) is 0 Å². The van der Waals surface area contributed by atoms with E-state index in [1.807, 2.05) is 0 Å². The minimum Gasteiger partial charge on any atom is -0.326 e. The van der Waals surface area contributed by atoms with Gasteiger partial charge in [-0.25, -0.2) is 0 Å². The second kappa shape index (κ2) is 5.66. The number of unbranched alkanes of at least 4 members (excludes halogenated alkanes) is 1. The minimum atomic E-state index is -0.0142. The highest BCUT2D eigenvalue weighted by molar-refractivity contribution is 9.10. The first-order chi connectivity index (χ1) is 6.97. The Morgan fingerprint density at radius 1 is 1.13 bits per heavy atom. The van der Waals surface area contributed by atoms with Gasteiger partial charge in [-0.05, 0) is 50.8 Å². The van der Waals surface area contributed by atoms with Crippen molar-refractivity contribution in [3.05, 3.63) is 34.3 Å². The van der Waals surface area contributed by atoms with Crippen LogP contribution < -0.4 is 5.73 Å². The molecule has 0 heterocycles. The predicted octanol–water partition coefficient (Wildman–Crippen LogP) is 3.90. The van der Waals surface area contributed by atoms with Crippen LogP contribution in [-0.4, -0.2) is 5.54 Å². The van der Waals surface area contributed by atoms with Crippen LogP contribution in [0.2, 0.25) is 0 Å². The summed E-state index contributed by atoms with van der Waals surface area (Å²) in [5.41, 5.74) is 7.32. The van der Waals surface area contributed by atoms with Crippen molar-refractivity contribution in [1.29, 1.82) is 0 Å². The van der Waals surface area contributed by atoms with Crippen LogP contribution in [0.5, 0.6) is 0 Å². The van der Waals surface area contributed by atoms with Crippen LogP contribution in [0.4, 0.5) is 0 Å². The molecule has 0 aliphatic rings. The molecule has 0 aliphatic carbocycles. The Kier molecular flexibility index (Phi) is 4.81. The van der Waals surface area contributed by atoms with Crippen LogP contribution in [0.15, 0.2) is 28.7 Å². The van der Waals surface area contributed by atoms with Crippen molar-refractivity contribution in [2.45, 2.75) is 45.1 Å². The van der Waals surface area contributed by atoms with Gasteiger partial charge in [-0.2, -0.15) is 0 Å². The normalized spacial score (nSPS) is 11.7. The van der Waals surface area contributed by atoms with Crippen LogP contribution in [0.1, 0.15) is 38.7 Å². The summed E-state index contributed by atoms with van der Waals surface area (Å²) in [6.07, 6.45) is 4.69. The van der Waals surface area contributed by atoms with Gasteiger partial charge in [-0.15, -0.1) is 0 Å². The molecule has 84 valence electrons. The predicted molar refractivity (Wildman–Crippen MR) is 70.0 cm³/mol. The topological polar surface area (TPSA) is 26.0 Å². The molecule has 1 aromatic rings. The van der Waals surface area contributed by atoms with Gasteiger partial charge in [-0.3, -0.25) is 0 Å². The number of hydrogen-bond donors (Lipinski definition) is 1. The van der Waals surface area contributed by atoms with Crippen molar-refractivity contribution in [3.8, 4) is 0 Å². The Bertz CT molecular complexity index is 284. The molecule has 0 unspecified atom stereocenters. The highest BCUT2D eigenvalue weighted by Crippen LogP contribution is 2.14. The highest BCUT2D eigenvalue weighted by Gasteiger charge is 2.08. The van der Waals surface area contributed by atoms with E-state index in [4.69, 9.17) is 5.73 Å². The van der Waals surface area contributed by atoms with Gasteiger partial charge >= 0.3 is 0 Å². The summed E-state index contributed by atoms with van der Waals surface area (Å²) in [6.45, 7) is 4.18. The molecule has 0 bridgehead atoms. The molecule has 0 saturated carbocycles. The molecule has 0 fully saturated rings. The lowest BCUT2D eigenvalue weighted by Crippen LogP contribution is -2.31. The van der Waals surface area contributed by atoms with Crippen molar-refractivity contribution in [3.63, 3.8) is 0 Å². The van der Waals surface area contributed by atoms with Gasteiger partial charge in [0.2, 0.25) is 0 Å². The summed E-state index contributed by atoms with van der Waals surface area (Å²) >= 11 is 3.44. The number of benzene rings is 1. The Balaban J connectivity index is 2.23. The lowest BCUT2D eigenvalue weighted by molar-refractivity contribution is 0.450. The summed E-state index contributed by atoms with van der Waals surface area (Å²) in [4.78, 5) is 0. The third-order valence-corrected chi connectivity index (χ3v) is 2.98. The fourth-order valence-corrected chi connectivity index (χ4v) is 1.83. The zero-order chi connectivity index (χ0) is 11.3. The van der Waals surface area contributed by atoms with Gasteiger partial charge in [0.05, 0.1) is 0 Å². The second-order valence-electron chi connectivity index (χ2n) is 4.82. The van der Waals surface area contributed by atoms with E-state index < -0.39 is 0 Å². The van der Waals surface area contributed by atoms with E-state index in [-0.39, 0.29) is 5.54 Å². The van der Waals surface area contributed by atoms with Crippen molar-refractivity contribution in [2.75, 3.05) is 0 Å². The van der Waals surface area contributed by atoms with Gasteiger partial charge < -0.3 is 5.73 Å². The molecule has 0 aliphatic heterocycles. The fraction of sp³-hybridized carbons (Fsp3) is 0.538. The van der Waals surface area contributed by atoms with E-state index in [0.29, 0.717) is 0 Å². The van der Waals surface area contributed by atoms with Gasteiger partial charge in [0.25, 0.3) is 0 Å². The Hall–Kier alpha value is -0.340. The number of nitrogens with two attached hydrogens (primary N) is 1. The maximum absolute atomic E-state index is 5.93. The standard InChI is InChI=1S/C13H20BrN/c1-13(2,15)10-4-3-5-11-6-8-12(14)9-7-11/h6-9H,3-5,10,15H2,1-2H3. The summed E-state index contributed by atoms with van der Waals surface area (Å²) in [5.74, 6) is 0. The van der Waals surface area contributed by atoms with Gasteiger partial charge in [-0.1, -0.05) is 34.5 Å². The van der Waals surface area contributed by atoms with Crippen LogP contribution in [0, 0.1) is 0 Å². The molecule has 0 saturated heterocycles. The lowest BCUT2D eigenvalue weighted by atomic mass is 9.97. The van der Waals surface area contributed by atoms with E-state index in [0.717, 1.165) is 17.3 Å². The number of hydrogen-bond acceptors (Lipinski definition) is 1. The molecule has 0 radical (unpaired) electrons. The quantitative estimate of drug-likeness (QED) is 0.807. The summed E-state index contributed by atoms with van der Waals surface area (Å²) in [5, 5.41) is 0. The largest absolute Gasteiger partial charge is 0.326 e. The van der Waals surface area contributed by atoms with E-state index >= 15 is 0 Å². The molecule has 0 atom stereocenters. The third kappa shape index (κ3) is 5.95. The van der Waals surface area contributed by atoms with Crippen molar-refractivity contribution in [2.24, 2.45) is 5.73 Å². The van der Waals surface area contributed by atoms with E-state index in [1.165, 1.54) is 18.4 Å². The summed E-state index contributed by atoms with van der Waals surface area (Å²) < 4.78 is 1.15. The molecular weight excluding hydrogens is 250 g/mol. The first-order valence-corrected chi connectivity index (χ1v) is 6.30. The molecule has 2 N–H and O–H groups in total. The molecule has 1 rings (SSSR count). The van der Waals surface area contributed by atoms with E-state index in [9.17, 15) is 0 Å². The van der Waals surface area contributed by atoms with E-state index in [1.54, 1.807) is 0 Å². The Labute approximate surface area is 101 Å². The van der Waals surface area contributed by atoms with Crippen LogP contribution in [-0.2, 0) is 6.42 Å². The van der Waals surface area contributed by atoms with Gasteiger partial charge in [0.1, 0.15) is 0 Å². The maximum atomic E-state index is 5.93. The monoisotopic (exact) mass is 269 g/mol. The van der Waals surface area contributed by atoms with Gasteiger partial charge in [0.15, 0.2) is 0 Å². The Morgan fingerprint density at radius 2 is 1.73 bits per heavy atom. The van der Waals surface area contributed by atoms with Crippen molar-refractivity contribution >= 4 is 15.9 Å². The summed E-state index contributed by atoms with van der Waals surface area (Å²) in [6, 6.07) is 8.56. The molecule has 0 spiro atoms. The highest BCUT2D eigenvalue weighted by atomic mass is 79.9. The summed E-state index contributed by atoms with van der Waals surface area (Å²) in [7, 11) is 0. The first-order valence-electron chi connectivity index (χ1n) is 5.51. The van der Waals surface area contributed by atoms with Crippen molar-refractivity contribution in [1.82, 2.24) is 0 Å². The third-order valence-electron chi connectivity index (χ3n) is 2.45. The number of aryl methyl sites for hydroxylation is 1. The minimum absolute atomic E-state index is 0.0142. The lowest BCUT2D eigenvalue weighted by Gasteiger charge is -2.17. The van der Waals surface area contributed by atoms with E-state index in [2.05, 4.69) is 54.0 Å². The second-order valence-corrected chi connectivity index (χ2v) is 5.74. The number of halogens is 1. The van der Waals surface area contributed by atoms with Crippen LogP contribution in [0.25, 0.3) is 0 Å². The van der Waals surface area contributed by atoms with Gasteiger partial charge in [0, 0.05) is 10.0 Å². The first kappa shape index (κ1) is 12.7. The van der Waals surface area contributed by atoms with Crippen LogP contribution >= 0.6 is 15.9 Å². The smallest absolute Gasteiger partial charge is 0.0175 e. The zero-order valence-electron chi connectivity index (χ0n) is 9.59. The average Bonchev–Trinajstić information content (AvgIpc) is 2.14. The zero-order valence-corrected chi connectivity index (χ0v) is 11.2.